The first-order valence-corrected chi connectivity index (χ1v) is 9.41. The molecule has 0 aromatic heterocycles. The van der Waals surface area contributed by atoms with Gasteiger partial charge in [-0.25, -0.2) is 8.42 Å². The molecule has 1 aromatic rings. The minimum atomic E-state index is -2.98. The Morgan fingerprint density at radius 1 is 1.05 bits per heavy atom. The van der Waals surface area contributed by atoms with Gasteiger partial charge in [-0.1, -0.05) is 34.5 Å². The Bertz CT molecular complexity index is 601. The monoisotopic (exact) mass is 356 g/mol. The predicted octanol–water partition coefficient (Wildman–Crippen LogP) is 3.38. The number of fused-ring (bicyclic) bond motifs is 2. The average Bonchev–Trinajstić information content (AvgIpc) is 2.37. The first-order valence-electron chi connectivity index (χ1n) is 7.01. The number of hydrogen-bond acceptors (Lipinski definition) is 3. The molecule has 0 aliphatic carbocycles. The molecule has 2 unspecified atom stereocenters. The second-order valence-corrected chi connectivity index (χ2v) is 9.23. The van der Waals surface area contributed by atoms with Crippen molar-refractivity contribution in [3.63, 3.8) is 0 Å². The van der Waals surface area contributed by atoms with Gasteiger partial charge in [0.25, 0.3) is 0 Å². The molecule has 2 heterocycles. The van der Waals surface area contributed by atoms with E-state index >= 15 is 0 Å². The summed E-state index contributed by atoms with van der Waals surface area (Å²) in [5.41, 5.74) is 0.690. The lowest BCUT2D eigenvalue weighted by Crippen LogP contribution is -2.45. The number of carbonyl (C=O) groups is 1. The maximum Gasteiger partial charge on any atom is 0.166 e. The van der Waals surface area contributed by atoms with E-state index < -0.39 is 9.84 Å². The number of carbonyl (C=O) groups excluding carboxylic acids is 1. The summed E-state index contributed by atoms with van der Waals surface area (Å²) in [6.45, 7) is 0. The third-order valence-corrected chi connectivity index (χ3v) is 7.82. The molecule has 2 bridgehead atoms. The van der Waals surface area contributed by atoms with Crippen LogP contribution in [0.25, 0.3) is 0 Å². The molecule has 2 aliphatic rings. The Hall–Kier alpha value is -0.680. The van der Waals surface area contributed by atoms with E-state index in [9.17, 15) is 13.2 Å². The third-order valence-electron chi connectivity index (χ3n) is 4.58. The molecule has 20 heavy (non-hydrogen) atoms. The zero-order chi connectivity index (χ0) is 14.3. The van der Waals surface area contributed by atoms with Gasteiger partial charge >= 0.3 is 0 Å². The highest BCUT2D eigenvalue weighted by molar-refractivity contribution is 9.10. The van der Waals surface area contributed by atoms with Crippen molar-refractivity contribution in [2.24, 2.45) is 5.92 Å². The van der Waals surface area contributed by atoms with E-state index in [4.69, 9.17) is 0 Å². The third kappa shape index (κ3) is 2.46. The van der Waals surface area contributed by atoms with Crippen molar-refractivity contribution < 1.29 is 13.2 Å². The Morgan fingerprint density at radius 2 is 1.60 bits per heavy atom. The van der Waals surface area contributed by atoms with Gasteiger partial charge in [0.05, 0.1) is 10.5 Å². The quantitative estimate of drug-likeness (QED) is 0.763. The van der Waals surface area contributed by atoms with E-state index in [-0.39, 0.29) is 22.2 Å². The molecule has 0 saturated carbocycles. The standard InChI is InChI=1S/C15H17BrO3S/c16-12-6-4-10(5-7-12)15(17)11-8-13-2-1-3-14(9-11)20(13,18)19/h4-7,11,13-14H,1-3,8-9H2. The number of ketones is 1. The molecule has 0 amide bonds. The highest BCUT2D eigenvalue weighted by Gasteiger charge is 2.45. The van der Waals surface area contributed by atoms with Crippen LogP contribution in [0.1, 0.15) is 42.5 Å². The van der Waals surface area contributed by atoms with Crippen molar-refractivity contribution in [1.82, 2.24) is 0 Å². The minimum Gasteiger partial charge on any atom is -0.294 e. The Labute approximate surface area is 127 Å². The van der Waals surface area contributed by atoms with Gasteiger partial charge in [0.2, 0.25) is 0 Å². The number of halogens is 1. The first kappa shape index (κ1) is 14.3. The van der Waals surface area contributed by atoms with Crippen molar-refractivity contribution in [1.29, 1.82) is 0 Å². The molecule has 2 fully saturated rings. The van der Waals surface area contributed by atoms with E-state index in [2.05, 4.69) is 15.9 Å². The van der Waals surface area contributed by atoms with Gasteiger partial charge in [-0.05, 0) is 37.8 Å². The van der Waals surface area contributed by atoms with Gasteiger partial charge in [-0.15, -0.1) is 0 Å². The van der Waals surface area contributed by atoms with Crippen LogP contribution in [-0.2, 0) is 9.84 Å². The molecule has 3 rings (SSSR count). The number of rotatable bonds is 2. The zero-order valence-corrected chi connectivity index (χ0v) is 13.5. The van der Waals surface area contributed by atoms with E-state index in [1.54, 1.807) is 0 Å². The largest absolute Gasteiger partial charge is 0.294 e. The van der Waals surface area contributed by atoms with E-state index in [1.165, 1.54) is 0 Å². The van der Waals surface area contributed by atoms with Crippen LogP contribution in [0.2, 0.25) is 0 Å². The van der Waals surface area contributed by atoms with E-state index in [0.717, 1.165) is 23.7 Å². The fraction of sp³-hybridized carbons (Fsp3) is 0.533. The number of benzene rings is 1. The van der Waals surface area contributed by atoms with Crippen LogP contribution in [0.15, 0.2) is 28.7 Å². The molecule has 0 spiro atoms. The summed E-state index contributed by atoms with van der Waals surface area (Å²) in [5, 5.41) is -0.584. The lowest BCUT2D eigenvalue weighted by molar-refractivity contribution is 0.0894. The lowest BCUT2D eigenvalue weighted by Gasteiger charge is -2.38. The second-order valence-electron chi connectivity index (χ2n) is 5.80. The van der Waals surface area contributed by atoms with Gasteiger partial charge in [0, 0.05) is 16.0 Å². The molecule has 0 N–H and O–H groups in total. The summed E-state index contributed by atoms with van der Waals surface area (Å²) in [6, 6.07) is 7.33. The smallest absolute Gasteiger partial charge is 0.166 e. The molecule has 108 valence electrons. The molecule has 5 heteroatoms. The van der Waals surface area contributed by atoms with E-state index in [0.29, 0.717) is 18.4 Å². The number of sulfone groups is 1. The van der Waals surface area contributed by atoms with Crippen molar-refractivity contribution in [2.75, 3.05) is 0 Å². The summed E-state index contributed by atoms with van der Waals surface area (Å²) >= 11 is 3.35. The van der Waals surface area contributed by atoms with Crippen LogP contribution in [0.5, 0.6) is 0 Å². The maximum absolute atomic E-state index is 12.5. The summed E-state index contributed by atoms with van der Waals surface area (Å²) in [5.74, 6) is -0.0284. The maximum atomic E-state index is 12.5. The molecular weight excluding hydrogens is 340 g/mol. The number of hydrogen-bond donors (Lipinski definition) is 0. The molecule has 3 nitrogen and oxygen atoms in total. The molecule has 1 aromatic carbocycles. The van der Waals surface area contributed by atoms with Crippen LogP contribution in [0.3, 0.4) is 0 Å². The van der Waals surface area contributed by atoms with Crippen molar-refractivity contribution >= 4 is 31.6 Å². The minimum absolute atomic E-state index is 0.101. The Morgan fingerprint density at radius 3 is 2.15 bits per heavy atom. The highest BCUT2D eigenvalue weighted by Crippen LogP contribution is 2.40. The van der Waals surface area contributed by atoms with Gasteiger partial charge in [0.15, 0.2) is 15.6 Å². The van der Waals surface area contributed by atoms with Crippen LogP contribution in [-0.4, -0.2) is 24.7 Å². The van der Waals surface area contributed by atoms with Gasteiger partial charge in [-0.3, -0.25) is 4.79 Å². The molecule has 2 atom stereocenters. The van der Waals surface area contributed by atoms with Crippen LogP contribution in [0, 0.1) is 5.92 Å². The predicted molar refractivity (Wildman–Crippen MR) is 81.5 cm³/mol. The SMILES string of the molecule is O=C(c1ccc(Br)cc1)C1CC2CCCC(C1)S2(=O)=O. The van der Waals surface area contributed by atoms with Crippen molar-refractivity contribution in [3.05, 3.63) is 34.3 Å². The highest BCUT2D eigenvalue weighted by atomic mass is 79.9. The summed E-state index contributed by atoms with van der Waals surface area (Å²) in [7, 11) is -2.98. The molecular formula is C15H17BrO3S. The second kappa shape index (κ2) is 5.26. The first-order chi connectivity index (χ1) is 9.48. The van der Waals surface area contributed by atoms with Crippen molar-refractivity contribution in [2.45, 2.75) is 42.6 Å². The van der Waals surface area contributed by atoms with Crippen LogP contribution in [0.4, 0.5) is 0 Å². The van der Waals surface area contributed by atoms with Gasteiger partial charge in [-0.2, -0.15) is 0 Å². The zero-order valence-electron chi connectivity index (χ0n) is 11.1. The average molecular weight is 357 g/mol. The summed E-state index contributed by atoms with van der Waals surface area (Å²) in [4.78, 5) is 12.5. The molecule has 2 aliphatic heterocycles. The van der Waals surface area contributed by atoms with Gasteiger partial charge in [0.1, 0.15) is 0 Å². The van der Waals surface area contributed by atoms with Crippen LogP contribution < -0.4 is 0 Å². The Balaban J connectivity index is 1.82. The normalized spacial score (nSPS) is 31.8. The number of Topliss-reactive ketones (excluding diaryl/α,β-unsaturated/α-hetero) is 1. The van der Waals surface area contributed by atoms with Crippen LogP contribution >= 0.6 is 15.9 Å². The summed E-state index contributed by atoms with van der Waals surface area (Å²) in [6.07, 6.45) is 3.45. The summed E-state index contributed by atoms with van der Waals surface area (Å²) < 4.78 is 25.4. The fourth-order valence-electron chi connectivity index (χ4n) is 3.47. The topological polar surface area (TPSA) is 51.2 Å². The lowest BCUT2D eigenvalue weighted by atomic mass is 9.84. The van der Waals surface area contributed by atoms with Gasteiger partial charge < -0.3 is 0 Å². The Kier molecular flexibility index (Phi) is 3.75. The van der Waals surface area contributed by atoms with E-state index in [1.807, 2.05) is 24.3 Å². The fourth-order valence-corrected chi connectivity index (χ4v) is 6.27. The molecule has 2 saturated heterocycles. The molecule has 0 radical (unpaired) electrons. The van der Waals surface area contributed by atoms with Crippen molar-refractivity contribution in [3.8, 4) is 0 Å².